The first-order valence-corrected chi connectivity index (χ1v) is 5.66. The second-order valence-electron chi connectivity index (χ2n) is 4.82. The zero-order valence-electron chi connectivity index (χ0n) is 8.91. The molecule has 0 spiro atoms. The van der Waals surface area contributed by atoms with E-state index < -0.39 is 0 Å². The number of carbonyl (C=O) groups excluding carboxylic acids is 1. The average molecular weight is 196 g/mol. The molecule has 1 heterocycles. The molecule has 0 radical (unpaired) electrons. The molecule has 0 aromatic rings. The zero-order chi connectivity index (χ0) is 10.1. The molecule has 2 atom stereocenters. The summed E-state index contributed by atoms with van der Waals surface area (Å²) in [6, 6.07) is 0. The van der Waals surface area contributed by atoms with Crippen molar-refractivity contribution < 1.29 is 4.79 Å². The number of nitrogens with two attached hydrogens (primary N) is 1. The van der Waals surface area contributed by atoms with Gasteiger partial charge in [-0.25, -0.2) is 0 Å². The van der Waals surface area contributed by atoms with Gasteiger partial charge in [0.15, 0.2) is 0 Å². The highest BCUT2D eigenvalue weighted by Gasteiger charge is 2.40. The highest BCUT2D eigenvalue weighted by atomic mass is 16.2. The molecule has 2 aliphatic rings. The van der Waals surface area contributed by atoms with E-state index in [4.69, 9.17) is 5.73 Å². The zero-order valence-corrected chi connectivity index (χ0v) is 8.91. The van der Waals surface area contributed by atoms with Crippen molar-refractivity contribution >= 4 is 5.91 Å². The second kappa shape index (κ2) is 3.89. The van der Waals surface area contributed by atoms with Gasteiger partial charge in [-0.15, -0.1) is 0 Å². The monoisotopic (exact) mass is 196 g/mol. The molecule has 2 rings (SSSR count). The van der Waals surface area contributed by atoms with Crippen LogP contribution in [0.25, 0.3) is 0 Å². The molecule has 0 bridgehead atoms. The van der Waals surface area contributed by atoms with Crippen molar-refractivity contribution in [1.29, 1.82) is 0 Å². The van der Waals surface area contributed by atoms with Crippen LogP contribution in [0, 0.1) is 17.8 Å². The van der Waals surface area contributed by atoms with Crippen LogP contribution in [0.3, 0.4) is 0 Å². The summed E-state index contributed by atoms with van der Waals surface area (Å²) in [7, 11) is 1.91. The normalized spacial score (nSPS) is 29.7. The van der Waals surface area contributed by atoms with Gasteiger partial charge in [0.2, 0.25) is 5.91 Å². The topological polar surface area (TPSA) is 46.3 Å². The molecule has 2 unspecified atom stereocenters. The standard InChI is InChI=1S/C11H20N2O/c1-13-7-9(6-11(13)14)10(4-5-12)8-2-3-8/h8-10H,2-7,12H2,1H3. The third-order valence-electron chi connectivity index (χ3n) is 3.70. The summed E-state index contributed by atoms with van der Waals surface area (Å²) in [4.78, 5) is 13.3. The molecule has 0 aromatic carbocycles. The fraction of sp³-hybridized carbons (Fsp3) is 0.909. The van der Waals surface area contributed by atoms with E-state index in [1.807, 2.05) is 11.9 Å². The number of hydrogen-bond donors (Lipinski definition) is 1. The summed E-state index contributed by atoms with van der Waals surface area (Å²) in [6.07, 6.45) is 4.59. The van der Waals surface area contributed by atoms with E-state index in [-0.39, 0.29) is 0 Å². The smallest absolute Gasteiger partial charge is 0.222 e. The van der Waals surface area contributed by atoms with Crippen molar-refractivity contribution in [3.8, 4) is 0 Å². The third kappa shape index (κ3) is 1.92. The molecule has 1 aliphatic heterocycles. The Bertz CT molecular complexity index is 225. The lowest BCUT2D eigenvalue weighted by Crippen LogP contribution is -2.24. The maximum atomic E-state index is 11.4. The van der Waals surface area contributed by atoms with E-state index >= 15 is 0 Å². The largest absolute Gasteiger partial charge is 0.345 e. The van der Waals surface area contributed by atoms with Gasteiger partial charge >= 0.3 is 0 Å². The van der Waals surface area contributed by atoms with Crippen molar-refractivity contribution in [1.82, 2.24) is 4.90 Å². The Morgan fingerprint density at radius 2 is 2.21 bits per heavy atom. The Labute approximate surface area is 85.6 Å². The molecule has 1 saturated carbocycles. The molecule has 1 aliphatic carbocycles. The van der Waals surface area contributed by atoms with Crippen molar-refractivity contribution in [3.63, 3.8) is 0 Å². The van der Waals surface area contributed by atoms with Crippen molar-refractivity contribution in [2.75, 3.05) is 20.1 Å². The van der Waals surface area contributed by atoms with Gasteiger partial charge in [0.25, 0.3) is 0 Å². The van der Waals surface area contributed by atoms with Crippen LogP contribution in [0.5, 0.6) is 0 Å². The fourth-order valence-corrected chi connectivity index (χ4v) is 2.76. The summed E-state index contributed by atoms with van der Waals surface area (Å²) in [5, 5.41) is 0. The Kier molecular flexibility index (Phi) is 2.77. The lowest BCUT2D eigenvalue weighted by atomic mass is 9.85. The molecule has 3 nitrogen and oxygen atoms in total. The van der Waals surface area contributed by atoms with E-state index in [0.29, 0.717) is 17.7 Å². The van der Waals surface area contributed by atoms with E-state index in [2.05, 4.69) is 0 Å². The summed E-state index contributed by atoms with van der Waals surface area (Å²) in [6.45, 7) is 1.73. The van der Waals surface area contributed by atoms with Crippen LogP contribution < -0.4 is 5.73 Å². The molecular weight excluding hydrogens is 176 g/mol. The van der Waals surface area contributed by atoms with Crippen LogP contribution in [0.2, 0.25) is 0 Å². The molecule has 3 heteroatoms. The van der Waals surface area contributed by atoms with Gasteiger partial charge in [0, 0.05) is 20.0 Å². The van der Waals surface area contributed by atoms with Gasteiger partial charge in [-0.05, 0) is 43.6 Å². The lowest BCUT2D eigenvalue weighted by Gasteiger charge is -2.21. The molecule has 1 saturated heterocycles. The number of likely N-dealkylation sites (tertiary alicyclic amines) is 1. The van der Waals surface area contributed by atoms with Crippen molar-refractivity contribution in [2.24, 2.45) is 23.5 Å². The van der Waals surface area contributed by atoms with Crippen LogP contribution >= 0.6 is 0 Å². The van der Waals surface area contributed by atoms with Crippen molar-refractivity contribution in [3.05, 3.63) is 0 Å². The maximum absolute atomic E-state index is 11.4. The molecule has 14 heavy (non-hydrogen) atoms. The molecule has 80 valence electrons. The lowest BCUT2D eigenvalue weighted by molar-refractivity contribution is -0.126. The average Bonchev–Trinajstić information content (AvgIpc) is 2.91. The molecule has 0 aromatic heterocycles. The number of carbonyl (C=O) groups is 1. The Morgan fingerprint density at radius 1 is 1.50 bits per heavy atom. The first-order chi connectivity index (χ1) is 6.72. The Balaban J connectivity index is 1.94. The molecule has 1 amide bonds. The van der Waals surface area contributed by atoms with E-state index in [0.717, 1.165) is 31.8 Å². The number of nitrogens with zero attached hydrogens (tertiary/aromatic N) is 1. The van der Waals surface area contributed by atoms with E-state index in [1.165, 1.54) is 12.8 Å². The quantitative estimate of drug-likeness (QED) is 0.724. The number of amides is 1. The fourth-order valence-electron chi connectivity index (χ4n) is 2.76. The first kappa shape index (κ1) is 9.97. The van der Waals surface area contributed by atoms with Gasteiger partial charge in [-0.1, -0.05) is 0 Å². The highest BCUT2D eigenvalue weighted by Crippen LogP contribution is 2.44. The van der Waals surface area contributed by atoms with Gasteiger partial charge in [0.1, 0.15) is 0 Å². The minimum atomic E-state index is 0.317. The van der Waals surface area contributed by atoms with Crippen LogP contribution in [0.1, 0.15) is 25.7 Å². The molecule has 2 fully saturated rings. The molecule has 2 N–H and O–H groups in total. The van der Waals surface area contributed by atoms with Crippen LogP contribution in [-0.4, -0.2) is 30.9 Å². The minimum absolute atomic E-state index is 0.317. The number of rotatable bonds is 4. The predicted molar refractivity (Wildman–Crippen MR) is 55.6 cm³/mol. The number of hydrogen-bond acceptors (Lipinski definition) is 2. The SMILES string of the molecule is CN1CC(C(CCN)C2CC2)CC1=O. The van der Waals surface area contributed by atoms with Gasteiger partial charge in [0.05, 0.1) is 0 Å². The van der Waals surface area contributed by atoms with Gasteiger partial charge < -0.3 is 10.6 Å². The summed E-state index contributed by atoms with van der Waals surface area (Å²) >= 11 is 0. The van der Waals surface area contributed by atoms with Crippen LogP contribution in [-0.2, 0) is 4.79 Å². The predicted octanol–water partition coefficient (Wildman–Crippen LogP) is 0.840. The van der Waals surface area contributed by atoms with E-state index in [9.17, 15) is 4.79 Å². The van der Waals surface area contributed by atoms with Crippen molar-refractivity contribution in [2.45, 2.75) is 25.7 Å². The highest BCUT2D eigenvalue weighted by molar-refractivity contribution is 5.78. The molecular formula is C11H20N2O. The minimum Gasteiger partial charge on any atom is -0.345 e. The first-order valence-electron chi connectivity index (χ1n) is 5.66. The summed E-state index contributed by atoms with van der Waals surface area (Å²) in [5.41, 5.74) is 5.63. The van der Waals surface area contributed by atoms with Gasteiger partial charge in [-0.2, -0.15) is 0 Å². The summed E-state index contributed by atoms with van der Waals surface area (Å²) < 4.78 is 0. The third-order valence-corrected chi connectivity index (χ3v) is 3.70. The van der Waals surface area contributed by atoms with Gasteiger partial charge in [-0.3, -0.25) is 4.79 Å². The Hall–Kier alpha value is -0.570. The second-order valence-corrected chi connectivity index (χ2v) is 4.82. The summed E-state index contributed by atoms with van der Waals surface area (Å²) in [5.74, 6) is 2.50. The van der Waals surface area contributed by atoms with Crippen LogP contribution in [0.15, 0.2) is 0 Å². The Morgan fingerprint density at radius 3 is 2.64 bits per heavy atom. The maximum Gasteiger partial charge on any atom is 0.222 e. The van der Waals surface area contributed by atoms with Crippen LogP contribution in [0.4, 0.5) is 0 Å². The van der Waals surface area contributed by atoms with E-state index in [1.54, 1.807) is 0 Å².